The lowest BCUT2D eigenvalue weighted by molar-refractivity contribution is -0.211. The van der Waals surface area contributed by atoms with E-state index in [1.165, 1.54) is 13.2 Å². The number of rotatable bonds is 5. The SMILES string of the molecule is COc1c(O[C@@H]2OC(C(=O)O)CC[C@@H]2O)cc(O)c2c(=O)cc(-c3ccccc3)oc12. The highest BCUT2D eigenvalue weighted by atomic mass is 16.7. The summed E-state index contributed by atoms with van der Waals surface area (Å²) in [6.07, 6.45) is -3.27. The fourth-order valence-electron chi connectivity index (χ4n) is 3.49. The van der Waals surface area contributed by atoms with Gasteiger partial charge in [0.05, 0.1) is 7.11 Å². The van der Waals surface area contributed by atoms with Crippen molar-refractivity contribution in [2.75, 3.05) is 7.11 Å². The summed E-state index contributed by atoms with van der Waals surface area (Å²) in [4.78, 5) is 23.9. The molecule has 162 valence electrons. The van der Waals surface area contributed by atoms with Crippen molar-refractivity contribution in [1.82, 2.24) is 0 Å². The molecule has 0 spiro atoms. The summed E-state index contributed by atoms with van der Waals surface area (Å²) in [6, 6.07) is 11.3. The molecule has 3 aromatic rings. The number of hydrogen-bond donors (Lipinski definition) is 3. The third kappa shape index (κ3) is 3.92. The van der Waals surface area contributed by atoms with Crippen molar-refractivity contribution in [3.8, 4) is 28.6 Å². The third-order valence-electron chi connectivity index (χ3n) is 5.02. The largest absolute Gasteiger partial charge is 0.507 e. The van der Waals surface area contributed by atoms with Gasteiger partial charge in [-0.05, 0) is 12.8 Å². The van der Waals surface area contributed by atoms with Gasteiger partial charge in [0.2, 0.25) is 12.0 Å². The monoisotopic (exact) mass is 428 g/mol. The van der Waals surface area contributed by atoms with E-state index < -0.39 is 35.6 Å². The van der Waals surface area contributed by atoms with Gasteiger partial charge < -0.3 is 33.9 Å². The van der Waals surface area contributed by atoms with Crippen molar-refractivity contribution in [1.29, 1.82) is 0 Å². The Labute approximate surface area is 176 Å². The number of aliphatic hydroxyl groups is 1. The number of aromatic hydroxyl groups is 1. The Hall–Kier alpha value is -3.56. The fraction of sp³-hybridized carbons (Fsp3) is 0.273. The predicted octanol–water partition coefficient (Wildman–Crippen LogP) is 2.50. The molecular weight excluding hydrogens is 408 g/mol. The van der Waals surface area contributed by atoms with E-state index in [0.717, 1.165) is 6.07 Å². The van der Waals surface area contributed by atoms with Crippen molar-refractivity contribution < 1.29 is 38.7 Å². The van der Waals surface area contributed by atoms with Crippen LogP contribution < -0.4 is 14.9 Å². The molecule has 3 atom stereocenters. The van der Waals surface area contributed by atoms with Crippen molar-refractivity contribution in [3.05, 3.63) is 52.7 Å². The molecule has 1 saturated heterocycles. The van der Waals surface area contributed by atoms with Crippen LogP contribution >= 0.6 is 0 Å². The standard InChI is InChI=1S/C22H20O9/c1-28-19-17(31-22-12(23)7-8-15(30-22)21(26)27)10-14(25)18-13(24)9-16(29-20(18)19)11-5-3-2-4-6-11/h2-6,9-10,12,15,22-23,25H,7-8H2,1H3,(H,26,27)/t12-,15?,22-/m0/s1. The van der Waals surface area contributed by atoms with E-state index in [9.17, 15) is 24.9 Å². The highest BCUT2D eigenvalue weighted by Crippen LogP contribution is 2.42. The second-order valence-electron chi connectivity index (χ2n) is 7.07. The molecule has 1 aromatic heterocycles. The van der Waals surface area contributed by atoms with Crippen LogP contribution in [0.5, 0.6) is 17.2 Å². The minimum absolute atomic E-state index is 0.00377. The van der Waals surface area contributed by atoms with Crippen LogP contribution in [0.1, 0.15) is 12.8 Å². The second-order valence-corrected chi connectivity index (χ2v) is 7.07. The van der Waals surface area contributed by atoms with Crippen LogP contribution in [0.15, 0.2) is 51.7 Å². The number of benzene rings is 2. The Morgan fingerprint density at radius 2 is 1.90 bits per heavy atom. The van der Waals surface area contributed by atoms with Crippen LogP contribution in [0.3, 0.4) is 0 Å². The van der Waals surface area contributed by atoms with Gasteiger partial charge in [0.25, 0.3) is 0 Å². The average molecular weight is 428 g/mol. The molecule has 0 aliphatic carbocycles. The van der Waals surface area contributed by atoms with Crippen molar-refractivity contribution in [2.45, 2.75) is 31.3 Å². The summed E-state index contributed by atoms with van der Waals surface area (Å²) in [6.45, 7) is 0. The highest BCUT2D eigenvalue weighted by Gasteiger charge is 2.36. The van der Waals surface area contributed by atoms with E-state index >= 15 is 0 Å². The van der Waals surface area contributed by atoms with E-state index in [0.29, 0.717) is 5.56 Å². The van der Waals surface area contributed by atoms with Crippen LogP contribution in [-0.4, -0.2) is 46.9 Å². The Bertz CT molecular complexity index is 1170. The van der Waals surface area contributed by atoms with Gasteiger partial charge in [0, 0.05) is 17.7 Å². The van der Waals surface area contributed by atoms with Gasteiger partial charge in [-0.25, -0.2) is 4.79 Å². The molecule has 1 unspecified atom stereocenters. The zero-order valence-corrected chi connectivity index (χ0v) is 16.5. The van der Waals surface area contributed by atoms with Gasteiger partial charge in [-0.1, -0.05) is 30.3 Å². The number of carbonyl (C=O) groups is 1. The molecule has 4 rings (SSSR count). The molecule has 9 nitrogen and oxygen atoms in total. The number of aliphatic carboxylic acids is 1. The normalized spacial score (nSPS) is 21.0. The van der Waals surface area contributed by atoms with Crippen LogP contribution in [0.2, 0.25) is 0 Å². The van der Waals surface area contributed by atoms with Crippen molar-refractivity contribution >= 4 is 16.9 Å². The molecule has 1 fully saturated rings. The van der Waals surface area contributed by atoms with Crippen LogP contribution in [-0.2, 0) is 9.53 Å². The Balaban J connectivity index is 1.81. The van der Waals surface area contributed by atoms with E-state index in [-0.39, 0.29) is 41.1 Å². The topological polar surface area (TPSA) is 136 Å². The van der Waals surface area contributed by atoms with Crippen LogP contribution in [0.25, 0.3) is 22.3 Å². The summed E-state index contributed by atoms with van der Waals surface area (Å²) >= 11 is 0. The Kier molecular flexibility index (Phi) is 5.53. The summed E-state index contributed by atoms with van der Waals surface area (Å²) in [5, 5.41) is 29.7. The van der Waals surface area contributed by atoms with Crippen molar-refractivity contribution in [2.24, 2.45) is 0 Å². The second kappa shape index (κ2) is 8.29. The lowest BCUT2D eigenvalue weighted by Gasteiger charge is -2.32. The minimum atomic E-state index is -1.32. The summed E-state index contributed by atoms with van der Waals surface area (Å²) in [5.74, 6) is -1.41. The van der Waals surface area contributed by atoms with Gasteiger partial charge in [-0.15, -0.1) is 0 Å². The number of carboxylic acid groups (broad SMARTS) is 1. The number of methoxy groups -OCH3 is 1. The van der Waals surface area contributed by atoms with Gasteiger partial charge in [-0.3, -0.25) is 4.79 Å². The van der Waals surface area contributed by atoms with E-state index in [1.807, 2.05) is 6.07 Å². The van der Waals surface area contributed by atoms with Crippen LogP contribution in [0.4, 0.5) is 0 Å². The molecule has 0 amide bonds. The van der Waals surface area contributed by atoms with Gasteiger partial charge in [0.15, 0.2) is 22.9 Å². The first-order valence-electron chi connectivity index (χ1n) is 9.55. The zero-order valence-electron chi connectivity index (χ0n) is 16.5. The van der Waals surface area contributed by atoms with Crippen molar-refractivity contribution in [3.63, 3.8) is 0 Å². The minimum Gasteiger partial charge on any atom is -0.507 e. The number of fused-ring (bicyclic) bond motifs is 1. The van der Waals surface area contributed by atoms with E-state index in [2.05, 4.69) is 0 Å². The zero-order chi connectivity index (χ0) is 22.1. The molecule has 2 heterocycles. The molecule has 0 radical (unpaired) electrons. The first-order valence-corrected chi connectivity index (χ1v) is 9.55. The molecular formula is C22H20O9. The molecule has 1 aliphatic rings. The summed E-state index contributed by atoms with van der Waals surface area (Å²) < 4.78 is 22.3. The number of hydrogen-bond acceptors (Lipinski definition) is 8. The molecule has 31 heavy (non-hydrogen) atoms. The molecule has 9 heteroatoms. The molecule has 2 aromatic carbocycles. The molecule has 3 N–H and O–H groups in total. The summed E-state index contributed by atoms with van der Waals surface area (Å²) in [7, 11) is 1.33. The van der Waals surface area contributed by atoms with E-state index in [4.69, 9.17) is 18.6 Å². The first kappa shape index (κ1) is 20.7. The number of aliphatic hydroxyl groups excluding tert-OH is 1. The number of phenols is 1. The maximum atomic E-state index is 12.7. The highest BCUT2D eigenvalue weighted by molar-refractivity contribution is 5.91. The first-order chi connectivity index (χ1) is 14.9. The number of carboxylic acids is 1. The lowest BCUT2D eigenvalue weighted by atomic mass is 10.1. The van der Waals surface area contributed by atoms with Gasteiger partial charge in [-0.2, -0.15) is 0 Å². The molecule has 1 aliphatic heterocycles. The predicted molar refractivity (Wildman–Crippen MR) is 108 cm³/mol. The fourth-order valence-corrected chi connectivity index (χ4v) is 3.49. The van der Waals surface area contributed by atoms with Gasteiger partial charge >= 0.3 is 5.97 Å². The molecule has 0 saturated carbocycles. The quantitative estimate of drug-likeness (QED) is 0.560. The number of ether oxygens (including phenoxy) is 3. The maximum absolute atomic E-state index is 12.7. The lowest BCUT2D eigenvalue weighted by Crippen LogP contribution is -2.45. The number of phenolic OH excluding ortho intramolecular Hbond substituents is 1. The van der Waals surface area contributed by atoms with Crippen LogP contribution in [0, 0.1) is 0 Å². The molecule has 0 bridgehead atoms. The Morgan fingerprint density at radius 1 is 1.16 bits per heavy atom. The average Bonchev–Trinajstić information content (AvgIpc) is 2.75. The third-order valence-corrected chi connectivity index (χ3v) is 5.02. The maximum Gasteiger partial charge on any atom is 0.332 e. The van der Waals surface area contributed by atoms with Gasteiger partial charge in [0.1, 0.15) is 23.0 Å². The Morgan fingerprint density at radius 3 is 2.58 bits per heavy atom. The van der Waals surface area contributed by atoms with E-state index in [1.54, 1.807) is 24.3 Å². The smallest absolute Gasteiger partial charge is 0.332 e. The summed E-state index contributed by atoms with van der Waals surface area (Å²) in [5.41, 5.74) is 0.107.